The molecule has 7 nitrogen and oxygen atoms in total. The summed E-state index contributed by atoms with van der Waals surface area (Å²) in [5.74, 6) is -2.79. The molecule has 252 valence electrons. The summed E-state index contributed by atoms with van der Waals surface area (Å²) in [5, 5.41) is 0.632. The topological polar surface area (TPSA) is 61.7 Å². The Morgan fingerprint density at radius 3 is 2.47 bits per heavy atom. The Morgan fingerprint density at radius 1 is 1.09 bits per heavy atom. The molecule has 1 amide bonds. The van der Waals surface area contributed by atoms with Gasteiger partial charge < -0.3 is 9.80 Å². The van der Waals surface area contributed by atoms with Gasteiger partial charge in [0.05, 0.1) is 17.1 Å². The minimum Gasteiger partial charge on any atom is -0.349 e. The second kappa shape index (κ2) is 13.4. The number of rotatable bonds is 7. The van der Waals surface area contributed by atoms with Crippen molar-refractivity contribution in [2.75, 3.05) is 43.4 Å². The molecule has 3 atom stereocenters. The average molecular weight is 696 g/mol. The zero-order chi connectivity index (χ0) is 33.7. The molecule has 0 saturated carbocycles. The maximum atomic E-state index is 15.2. The largest absolute Gasteiger partial charge is 0.350 e. The zero-order valence-corrected chi connectivity index (χ0v) is 27.6. The molecule has 0 N–H and O–H groups in total. The fourth-order valence-corrected chi connectivity index (χ4v) is 8.96. The number of alkyl halides is 2. The van der Waals surface area contributed by atoms with E-state index in [1.54, 1.807) is 20.4 Å². The summed E-state index contributed by atoms with van der Waals surface area (Å²) in [6.45, 7) is 8.97. The monoisotopic (exact) mass is 695 g/mol. The molecular formula is C33H35ClF5N5O2S. The summed E-state index contributed by atoms with van der Waals surface area (Å²) in [5.41, 5.74) is -0.103. The molecule has 0 spiro atoms. The molecule has 0 bridgehead atoms. The molecule has 3 aliphatic rings. The first-order valence-corrected chi connectivity index (χ1v) is 17.0. The third-order valence-corrected chi connectivity index (χ3v) is 11.1. The van der Waals surface area contributed by atoms with Crippen molar-refractivity contribution in [2.45, 2.75) is 62.6 Å². The summed E-state index contributed by atoms with van der Waals surface area (Å²) in [7, 11) is 0. The van der Waals surface area contributed by atoms with Crippen LogP contribution in [0.4, 0.5) is 27.8 Å². The number of anilines is 1. The van der Waals surface area contributed by atoms with E-state index in [1.165, 1.54) is 17.8 Å². The number of piperazine rings is 1. The Bertz CT molecular complexity index is 1780. The number of amides is 1. The van der Waals surface area contributed by atoms with E-state index in [0.29, 0.717) is 78.9 Å². The number of hydrogen-bond donors (Lipinski definition) is 0. The lowest BCUT2D eigenvalue weighted by atomic mass is 9.90. The van der Waals surface area contributed by atoms with Crippen molar-refractivity contribution in [1.29, 1.82) is 0 Å². The van der Waals surface area contributed by atoms with Crippen LogP contribution in [-0.4, -0.2) is 82.2 Å². The van der Waals surface area contributed by atoms with Gasteiger partial charge in [0.2, 0.25) is 5.91 Å². The van der Waals surface area contributed by atoms with Crippen LogP contribution >= 0.6 is 23.4 Å². The lowest BCUT2D eigenvalue weighted by Gasteiger charge is -2.45. The Labute approximate surface area is 278 Å². The first-order valence-electron chi connectivity index (χ1n) is 15.6. The normalized spacial score (nSPS) is 22.4. The number of carbonyl (C=O) groups excluding carboxylic acids is 1. The van der Waals surface area contributed by atoms with Crippen molar-refractivity contribution in [3.8, 4) is 11.1 Å². The van der Waals surface area contributed by atoms with Crippen molar-refractivity contribution in [1.82, 2.24) is 19.4 Å². The van der Waals surface area contributed by atoms with Crippen molar-refractivity contribution in [3.05, 3.63) is 63.8 Å². The van der Waals surface area contributed by atoms with Crippen molar-refractivity contribution in [3.63, 3.8) is 0 Å². The molecule has 2 saturated heterocycles. The fourth-order valence-electron chi connectivity index (χ4n) is 7.25. The lowest BCUT2D eigenvalue weighted by Crippen LogP contribution is -2.58. The number of likely N-dealkylation sites (tertiary alicyclic amines) is 1. The smallest absolute Gasteiger partial charge is 0.349 e. The van der Waals surface area contributed by atoms with Crippen LogP contribution in [0, 0.1) is 23.4 Å². The molecular weight excluding hydrogens is 661 g/mol. The SMILES string of the molecule is C=CC(=O)N1C[C@H](C)N(c2nc(=O)n3c4c(c(-c5cc(F)c(F)cc5F)c(Cl)cc24)SC[C@@H]3CC2CCN(CC(F)F)CC2)C[C@H]1C. The predicted molar refractivity (Wildman–Crippen MR) is 174 cm³/mol. The first kappa shape index (κ1) is 33.7. The number of hydrogen-bond acceptors (Lipinski definition) is 6. The molecule has 2 aromatic carbocycles. The number of carbonyl (C=O) groups is 1. The fraction of sp³-hybridized carbons (Fsp3) is 0.485. The molecule has 14 heteroatoms. The van der Waals surface area contributed by atoms with Crippen molar-refractivity contribution >= 4 is 46.0 Å². The minimum atomic E-state index is -2.40. The number of aromatic nitrogens is 2. The predicted octanol–water partition coefficient (Wildman–Crippen LogP) is 6.76. The van der Waals surface area contributed by atoms with E-state index in [4.69, 9.17) is 11.6 Å². The van der Waals surface area contributed by atoms with Crippen LogP contribution in [0.5, 0.6) is 0 Å². The van der Waals surface area contributed by atoms with Gasteiger partial charge >= 0.3 is 5.69 Å². The molecule has 0 unspecified atom stereocenters. The third-order valence-electron chi connectivity index (χ3n) is 9.59. The van der Waals surface area contributed by atoms with E-state index in [2.05, 4.69) is 11.6 Å². The van der Waals surface area contributed by atoms with Gasteiger partial charge in [-0.15, -0.1) is 11.8 Å². The summed E-state index contributed by atoms with van der Waals surface area (Å²) < 4.78 is 71.2. The highest BCUT2D eigenvalue weighted by atomic mass is 35.5. The maximum Gasteiger partial charge on any atom is 0.350 e. The van der Waals surface area contributed by atoms with E-state index in [0.717, 1.165) is 6.07 Å². The van der Waals surface area contributed by atoms with Gasteiger partial charge in [-0.3, -0.25) is 14.3 Å². The molecule has 3 aliphatic heterocycles. The summed E-state index contributed by atoms with van der Waals surface area (Å²) >= 11 is 8.22. The average Bonchev–Trinajstić information content (AvgIpc) is 3.02. The minimum absolute atomic E-state index is 0.0872. The van der Waals surface area contributed by atoms with Crippen LogP contribution in [0.25, 0.3) is 22.0 Å². The van der Waals surface area contributed by atoms with Gasteiger partial charge in [-0.1, -0.05) is 18.2 Å². The quantitative estimate of drug-likeness (QED) is 0.155. The van der Waals surface area contributed by atoms with Gasteiger partial charge in [-0.05, 0) is 70.3 Å². The standard InChI is InChI=1S/C33H35ClF5N5O2S/c1-4-28(45)42-13-18(3)43(14-17(42)2)32-22-10-23(34)29(21-11-25(36)26(37)12-24(21)35)31-30(22)44(33(46)40-32)20(16-47-31)9-19-5-7-41(8-6-19)15-27(38)39/h4,10-12,17-20,27H,1,5-9,13-16H2,2-3H3/t17-,18+,20+/m1/s1. The van der Waals surface area contributed by atoms with Gasteiger partial charge in [-0.25, -0.2) is 26.7 Å². The highest BCUT2D eigenvalue weighted by Crippen LogP contribution is 2.49. The molecule has 0 aliphatic carbocycles. The summed E-state index contributed by atoms with van der Waals surface area (Å²) in [6.07, 6.45) is 0.896. The van der Waals surface area contributed by atoms with Gasteiger partial charge in [0.25, 0.3) is 6.43 Å². The molecule has 47 heavy (non-hydrogen) atoms. The molecule has 4 heterocycles. The number of halogens is 6. The van der Waals surface area contributed by atoms with E-state index in [1.807, 2.05) is 18.7 Å². The lowest BCUT2D eigenvalue weighted by molar-refractivity contribution is -0.128. The van der Waals surface area contributed by atoms with Crippen LogP contribution in [0.2, 0.25) is 5.02 Å². The highest BCUT2D eigenvalue weighted by Gasteiger charge is 2.37. The van der Waals surface area contributed by atoms with Crippen LogP contribution in [0.1, 0.15) is 39.2 Å². The summed E-state index contributed by atoms with van der Waals surface area (Å²) in [6, 6.07) is 2.08. The van der Waals surface area contributed by atoms with Gasteiger partial charge in [0.15, 0.2) is 11.6 Å². The zero-order valence-electron chi connectivity index (χ0n) is 26.0. The second-order valence-corrected chi connectivity index (χ2v) is 14.1. The molecule has 3 aromatic rings. The third kappa shape index (κ3) is 6.38. The first-order chi connectivity index (χ1) is 22.4. The van der Waals surface area contributed by atoms with E-state index in [9.17, 15) is 27.2 Å². The van der Waals surface area contributed by atoms with E-state index < -0.39 is 29.6 Å². The maximum absolute atomic E-state index is 15.2. The van der Waals surface area contributed by atoms with Crippen LogP contribution in [0.3, 0.4) is 0 Å². The van der Waals surface area contributed by atoms with Crippen LogP contribution in [0.15, 0.2) is 40.5 Å². The summed E-state index contributed by atoms with van der Waals surface area (Å²) in [4.78, 5) is 37.1. The Kier molecular flexibility index (Phi) is 9.61. The van der Waals surface area contributed by atoms with Gasteiger partial charge in [-0.2, -0.15) is 4.98 Å². The van der Waals surface area contributed by atoms with Crippen molar-refractivity contribution < 1.29 is 26.7 Å². The number of thioether (sulfide) groups is 1. The molecule has 6 rings (SSSR count). The Morgan fingerprint density at radius 2 is 1.79 bits per heavy atom. The highest BCUT2D eigenvalue weighted by molar-refractivity contribution is 7.99. The Hall–Kier alpha value is -3.16. The van der Waals surface area contributed by atoms with Crippen LogP contribution in [-0.2, 0) is 4.79 Å². The van der Waals surface area contributed by atoms with Crippen LogP contribution < -0.4 is 10.6 Å². The number of piperidine rings is 1. The number of benzene rings is 2. The van der Waals surface area contributed by atoms with Gasteiger partial charge in [0, 0.05) is 64.4 Å². The second-order valence-electron chi connectivity index (χ2n) is 12.7. The molecule has 2 fully saturated rings. The van der Waals surface area contributed by atoms with E-state index >= 15 is 4.39 Å². The number of nitrogens with zero attached hydrogens (tertiary/aromatic N) is 5. The molecule has 0 radical (unpaired) electrons. The van der Waals surface area contributed by atoms with Gasteiger partial charge in [0.1, 0.15) is 11.6 Å². The van der Waals surface area contributed by atoms with E-state index in [-0.39, 0.29) is 52.6 Å². The molecule has 1 aromatic heterocycles. The van der Waals surface area contributed by atoms with Crippen molar-refractivity contribution in [2.24, 2.45) is 5.92 Å². The Balaban J connectivity index is 1.47.